The molecule has 6 rings (SSSR count). The van der Waals surface area contributed by atoms with Crippen LogP contribution in [0.15, 0.2) is 42.5 Å². The van der Waals surface area contributed by atoms with E-state index in [1.165, 1.54) is 11.3 Å². The van der Waals surface area contributed by atoms with Gasteiger partial charge in [-0.3, -0.25) is 4.90 Å². The Morgan fingerprint density at radius 1 is 0.932 bits per heavy atom. The molecule has 2 aromatic carbocycles. The second-order valence-electron chi connectivity index (χ2n) is 12.9. The molecule has 3 heterocycles. The minimum Gasteiger partial charge on any atom is -0.379 e. The molecule has 10 heteroatoms. The van der Waals surface area contributed by atoms with Crippen molar-refractivity contribution in [3.63, 3.8) is 0 Å². The van der Waals surface area contributed by atoms with Crippen LogP contribution in [-0.2, 0) is 10.2 Å². The quantitative estimate of drug-likeness (QED) is 0.300. The van der Waals surface area contributed by atoms with E-state index in [1.807, 2.05) is 12.1 Å². The fraction of sp³-hybridized carbons (Fsp3) is 0.588. The van der Waals surface area contributed by atoms with Gasteiger partial charge in [0.05, 0.1) is 18.7 Å². The number of hydrogen-bond donors (Lipinski definition) is 0. The molecule has 2 aliphatic heterocycles. The molecule has 7 nitrogen and oxygen atoms in total. The van der Waals surface area contributed by atoms with E-state index in [2.05, 4.69) is 76.1 Å². The van der Waals surface area contributed by atoms with Crippen LogP contribution >= 0.6 is 0 Å². The molecule has 0 amide bonds. The molecule has 3 fully saturated rings. The highest BCUT2D eigenvalue weighted by atomic mass is 19.4. The van der Waals surface area contributed by atoms with Crippen LogP contribution in [0, 0.1) is 0 Å². The van der Waals surface area contributed by atoms with Crippen molar-refractivity contribution in [1.29, 1.82) is 0 Å². The molecule has 0 radical (unpaired) electrons. The van der Waals surface area contributed by atoms with E-state index in [1.54, 1.807) is 0 Å². The molecule has 2 saturated heterocycles. The van der Waals surface area contributed by atoms with Crippen molar-refractivity contribution in [2.45, 2.75) is 56.0 Å². The second kappa shape index (κ2) is 12.7. The lowest BCUT2D eigenvalue weighted by Gasteiger charge is -2.36. The summed E-state index contributed by atoms with van der Waals surface area (Å²) in [6.07, 6.45) is -1.39. The molecule has 0 bridgehead atoms. The van der Waals surface area contributed by atoms with Crippen molar-refractivity contribution in [2.24, 2.45) is 0 Å². The molecule has 238 valence electrons. The van der Waals surface area contributed by atoms with Crippen LogP contribution in [-0.4, -0.2) is 94.7 Å². The first-order valence-corrected chi connectivity index (χ1v) is 16.1. The van der Waals surface area contributed by atoms with Gasteiger partial charge in [-0.2, -0.15) is 13.2 Å². The summed E-state index contributed by atoms with van der Waals surface area (Å²) in [4.78, 5) is 18.5. The van der Waals surface area contributed by atoms with Crippen molar-refractivity contribution >= 4 is 28.1 Å². The summed E-state index contributed by atoms with van der Waals surface area (Å²) in [7, 11) is 6.20. The molecular weight excluding hydrogens is 565 g/mol. The van der Waals surface area contributed by atoms with Crippen molar-refractivity contribution in [2.75, 3.05) is 88.3 Å². The van der Waals surface area contributed by atoms with Gasteiger partial charge in [-0.25, -0.2) is 9.97 Å². The van der Waals surface area contributed by atoms with Gasteiger partial charge >= 0.3 is 6.18 Å². The van der Waals surface area contributed by atoms with Crippen molar-refractivity contribution in [3.8, 4) is 0 Å². The van der Waals surface area contributed by atoms with Crippen molar-refractivity contribution < 1.29 is 17.9 Å². The number of aromatic nitrogens is 2. The number of hydrogen-bond acceptors (Lipinski definition) is 7. The topological polar surface area (TPSA) is 48.0 Å². The minimum atomic E-state index is -4.39. The standard InChI is InChI=1S/C34H45F3N6O/c1-40(2)30-9-5-4-8-27(30)25-12-16-43(17-13-25)31-28-24-26(41(3)18-19-42-20-22-44-23-21-42)10-11-29(28)38-32(39-31)33(34(35,36)37)14-6-7-15-33/h4-5,8-11,24-25H,6-7,12-23H2,1-3H3. The Kier molecular flexibility index (Phi) is 8.93. The first-order chi connectivity index (χ1) is 21.2. The molecule has 1 aliphatic carbocycles. The van der Waals surface area contributed by atoms with E-state index in [4.69, 9.17) is 9.72 Å². The van der Waals surface area contributed by atoms with Gasteiger partial charge < -0.3 is 19.4 Å². The third kappa shape index (κ3) is 6.07. The van der Waals surface area contributed by atoms with E-state index in [0.29, 0.717) is 30.1 Å². The Morgan fingerprint density at radius 2 is 1.64 bits per heavy atom. The Labute approximate surface area is 259 Å². The maximum absolute atomic E-state index is 14.7. The Balaban J connectivity index is 1.33. The lowest BCUT2D eigenvalue weighted by atomic mass is 9.84. The molecular formula is C34H45F3N6O. The maximum Gasteiger partial charge on any atom is 0.401 e. The molecule has 44 heavy (non-hydrogen) atoms. The third-order valence-electron chi connectivity index (χ3n) is 10.0. The van der Waals surface area contributed by atoms with Gasteiger partial charge in [0.25, 0.3) is 0 Å². The summed E-state index contributed by atoms with van der Waals surface area (Å²) in [6, 6.07) is 14.5. The summed E-state index contributed by atoms with van der Waals surface area (Å²) in [5.74, 6) is 0.970. The molecule has 1 aromatic heterocycles. The van der Waals surface area contributed by atoms with Crippen molar-refractivity contribution in [3.05, 3.63) is 53.9 Å². The first-order valence-electron chi connectivity index (χ1n) is 16.1. The van der Waals surface area contributed by atoms with E-state index < -0.39 is 11.6 Å². The van der Waals surface area contributed by atoms with Crippen LogP contribution in [0.5, 0.6) is 0 Å². The summed E-state index contributed by atoms with van der Waals surface area (Å²) in [5.41, 5.74) is 2.18. The fourth-order valence-corrected chi connectivity index (χ4v) is 7.29. The fourth-order valence-electron chi connectivity index (χ4n) is 7.29. The normalized spacial score (nSPS) is 19.9. The monoisotopic (exact) mass is 610 g/mol. The van der Waals surface area contributed by atoms with Gasteiger partial charge in [0, 0.05) is 77.2 Å². The first kappa shape index (κ1) is 30.9. The molecule has 3 aromatic rings. The number of para-hydroxylation sites is 1. The second-order valence-corrected chi connectivity index (χ2v) is 12.9. The van der Waals surface area contributed by atoms with E-state index in [9.17, 15) is 13.2 Å². The molecule has 3 aliphatic rings. The SMILES string of the molecule is CN(C)c1ccccc1C1CCN(c2nc(C3(C(F)(F)F)CCCC3)nc3ccc(N(C)CCN4CCOCC4)cc23)CC1. The largest absolute Gasteiger partial charge is 0.401 e. The van der Waals surface area contributed by atoms with Gasteiger partial charge in [0.2, 0.25) is 0 Å². The van der Waals surface area contributed by atoms with Crippen LogP contribution < -0.4 is 14.7 Å². The van der Waals surface area contributed by atoms with Crippen LogP contribution in [0.3, 0.4) is 0 Å². The highest BCUT2D eigenvalue weighted by molar-refractivity contribution is 5.92. The zero-order chi connectivity index (χ0) is 30.9. The number of piperidine rings is 1. The lowest BCUT2D eigenvalue weighted by Crippen LogP contribution is -2.42. The maximum atomic E-state index is 14.7. The number of halogens is 3. The van der Waals surface area contributed by atoms with Gasteiger partial charge in [-0.1, -0.05) is 31.0 Å². The number of anilines is 3. The molecule has 0 atom stereocenters. The van der Waals surface area contributed by atoms with Gasteiger partial charge in [0.15, 0.2) is 0 Å². The predicted octanol–water partition coefficient (Wildman–Crippen LogP) is 6.22. The smallest absolute Gasteiger partial charge is 0.379 e. The van der Waals surface area contributed by atoms with E-state index in [-0.39, 0.29) is 18.7 Å². The third-order valence-corrected chi connectivity index (χ3v) is 10.0. The molecule has 0 unspecified atom stereocenters. The molecule has 1 saturated carbocycles. The minimum absolute atomic E-state index is 0.0488. The zero-order valence-corrected chi connectivity index (χ0v) is 26.2. The number of rotatable bonds is 8. The number of alkyl halides is 3. The molecule has 0 spiro atoms. The van der Waals surface area contributed by atoms with E-state index in [0.717, 1.165) is 76.4 Å². The average Bonchev–Trinajstić information content (AvgIpc) is 3.56. The lowest BCUT2D eigenvalue weighted by molar-refractivity contribution is -0.191. The Bertz CT molecular complexity index is 1430. The van der Waals surface area contributed by atoms with Gasteiger partial charge in [0.1, 0.15) is 17.1 Å². The number of likely N-dealkylation sites (N-methyl/N-ethyl adjacent to an activating group) is 1. The number of fused-ring (bicyclic) bond motifs is 1. The van der Waals surface area contributed by atoms with Crippen LogP contribution in [0.4, 0.5) is 30.4 Å². The van der Waals surface area contributed by atoms with Gasteiger partial charge in [-0.05, 0) is 61.4 Å². The number of benzene rings is 2. The highest BCUT2D eigenvalue weighted by Crippen LogP contribution is 2.52. The van der Waals surface area contributed by atoms with Crippen LogP contribution in [0.2, 0.25) is 0 Å². The number of nitrogens with zero attached hydrogens (tertiary/aromatic N) is 6. The highest BCUT2D eigenvalue weighted by Gasteiger charge is 2.59. The number of ether oxygens (including phenoxy) is 1. The van der Waals surface area contributed by atoms with Gasteiger partial charge in [-0.15, -0.1) is 0 Å². The summed E-state index contributed by atoms with van der Waals surface area (Å²) in [5, 5.41) is 0.826. The summed E-state index contributed by atoms with van der Waals surface area (Å²) in [6.45, 7) is 6.62. The predicted molar refractivity (Wildman–Crippen MR) is 171 cm³/mol. The average molecular weight is 611 g/mol. The molecule has 0 N–H and O–H groups in total. The summed E-state index contributed by atoms with van der Waals surface area (Å²) < 4.78 is 49.6. The Morgan fingerprint density at radius 3 is 2.32 bits per heavy atom. The zero-order valence-electron chi connectivity index (χ0n) is 26.2. The number of morpholine rings is 1. The Hall–Kier alpha value is -3.11. The van der Waals surface area contributed by atoms with E-state index >= 15 is 0 Å². The summed E-state index contributed by atoms with van der Waals surface area (Å²) >= 11 is 0. The van der Waals surface area contributed by atoms with Crippen LogP contribution in [0.25, 0.3) is 10.9 Å². The van der Waals surface area contributed by atoms with Crippen LogP contribution in [0.1, 0.15) is 55.8 Å². The van der Waals surface area contributed by atoms with Crippen molar-refractivity contribution in [1.82, 2.24) is 14.9 Å².